The van der Waals surface area contributed by atoms with Crippen LogP contribution < -0.4 is 5.32 Å². The van der Waals surface area contributed by atoms with Crippen molar-refractivity contribution < 1.29 is 14.0 Å². The molecule has 0 aliphatic rings. The smallest absolute Gasteiger partial charge is 0.251 e. The van der Waals surface area contributed by atoms with E-state index in [4.69, 9.17) is 16.0 Å². The SMILES string of the molecule is Cc1ccc(CN(C)C(=O)CCCNC(=O)c2ccc(Cl)cc2)o1. The number of halogens is 1. The average Bonchev–Trinajstić information content (AvgIpc) is 2.96. The van der Waals surface area contributed by atoms with Crippen LogP contribution in [0.5, 0.6) is 0 Å². The van der Waals surface area contributed by atoms with Crippen LogP contribution in [0.15, 0.2) is 40.8 Å². The zero-order valence-electron chi connectivity index (χ0n) is 13.8. The molecule has 0 unspecified atom stereocenters. The zero-order chi connectivity index (χ0) is 17.5. The summed E-state index contributed by atoms with van der Waals surface area (Å²) in [5.41, 5.74) is 0.552. The first-order chi connectivity index (χ1) is 11.5. The molecule has 2 aromatic rings. The van der Waals surface area contributed by atoms with Gasteiger partial charge < -0.3 is 14.6 Å². The molecule has 0 saturated heterocycles. The van der Waals surface area contributed by atoms with Crippen molar-refractivity contribution in [1.82, 2.24) is 10.2 Å². The van der Waals surface area contributed by atoms with E-state index >= 15 is 0 Å². The molecule has 1 aromatic carbocycles. The number of benzene rings is 1. The van der Waals surface area contributed by atoms with Gasteiger partial charge in [-0.3, -0.25) is 9.59 Å². The van der Waals surface area contributed by atoms with E-state index in [1.54, 1.807) is 36.2 Å². The lowest BCUT2D eigenvalue weighted by atomic mass is 10.2. The van der Waals surface area contributed by atoms with Gasteiger partial charge in [-0.2, -0.15) is 0 Å². The maximum atomic E-state index is 12.1. The van der Waals surface area contributed by atoms with Gasteiger partial charge in [0.15, 0.2) is 0 Å². The van der Waals surface area contributed by atoms with Crippen molar-refractivity contribution in [3.05, 3.63) is 58.5 Å². The highest BCUT2D eigenvalue weighted by Gasteiger charge is 2.11. The van der Waals surface area contributed by atoms with Crippen molar-refractivity contribution in [2.75, 3.05) is 13.6 Å². The molecular weight excluding hydrogens is 328 g/mol. The van der Waals surface area contributed by atoms with Crippen LogP contribution in [0.4, 0.5) is 0 Å². The van der Waals surface area contributed by atoms with Gasteiger partial charge in [0, 0.05) is 30.6 Å². The third kappa shape index (κ3) is 5.42. The summed E-state index contributed by atoms with van der Waals surface area (Å²) in [6.45, 7) is 2.76. The molecule has 6 heteroatoms. The average molecular weight is 349 g/mol. The molecule has 0 fully saturated rings. The van der Waals surface area contributed by atoms with Crippen molar-refractivity contribution in [2.45, 2.75) is 26.3 Å². The minimum absolute atomic E-state index is 0.0183. The second-order valence-corrected chi connectivity index (χ2v) is 6.06. The van der Waals surface area contributed by atoms with Gasteiger partial charge in [0.25, 0.3) is 5.91 Å². The Morgan fingerprint density at radius 2 is 1.88 bits per heavy atom. The van der Waals surface area contributed by atoms with Crippen LogP contribution >= 0.6 is 11.6 Å². The largest absolute Gasteiger partial charge is 0.464 e. The summed E-state index contributed by atoms with van der Waals surface area (Å²) < 4.78 is 5.46. The van der Waals surface area contributed by atoms with Crippen molar-refractivity contribution in [3.8, 4) is 0 Å². The van der Waals surface area contributed by atoms with Gasteiger partial charge in [-0.1, -0.05) is 11.6 Å². The fraction of sp³-hybridized carbons (Fsp3) is 0.333. The van der Waals surface area contributed by atoms with Crippen molar-refractivity contribution >= 4 is 23.4 Å². The highest BCUT2D eigenvalue weighted by Crippen LogP contribution is 2.10. The number of amides is 2. The summed E-state index contributed by atoms with van der Waals surface area (Å²) in [6, 6.07) is 10.4. The van der Waals surface area contributed by atoms with Gasteiger partial charge in [-0.15, -0.1) is 0 Å². The molecule has 128 valence electrons. The lowest BCUT2D eigenvalue weighted by Gasteiger charge is -2.15. The molecule has 0 spiro atoms. The predicted molar refractivity (Wildman–Crippen MR) is 92.9 cm³/mol. The third-order valence-electron chi connectivity index (χ3n) is 3.57. The first-order valence-corrected chi connectivity index (χ1v) is 8.16. The van der Waals surface area contributed by atoms with Crippen LogP contribution in [0.25, 0.3) is 0 Å². The molecule has 2 rings (SSSR count). The van der Waals surface area contributed by atoms with Crippen LogP contribution in [-0.4, -0.2) is 30.3 Å². The second kappa shape index (κ2) is 8.55. The van der Waals surface area contributed by atoms with Crippen LogP contribution in [0.3, 0.4) is 0 Å². The topological polar surface area (TPSA) is 62.6 Å². The molecule has 1 heterocycles. The van der Waals surface area contributed by atoms with E-state index in [1.165, 1.54) is 0 Å². The van der Waals surface area contributed by atoms with Crippen molar-refractivity contribution in [1.29, 1.82) is 0 Å². The molecule has 0 aliphatic carbocycles. The number of nitrogens with zero attached hydrogens (tertiary/aromatic N) is 1. The Hall–Kier alpha value is -2.27. The first kappa shape index (κ1) is 18.1. The Kier molecular flexibility index (Phi) is 6.44. The van der Waals surface area contributed by atoms with E-state index in [-0.39, 0.29) is 11.8 Å². The molecule has 0 saturated carbocycles. The van der Waals surface area contributed by atoms with E-state index in [1.807, 2.05) is 19.1 Å². The van der Waals surface area contributed by atoms with Gasteiger partial charge in [-0.05, 0) is 49.7 Å². The number of carbonyl (C=O) groups excluding carboxylic acids is 2. The number of furan rings is 1. The van der Waals surface area contributed by atoms with Crippen LogP contribution in [0.2, 0.25) is 5.02 Å². The van der Waals surface area contributed by atoms with Gasteiger partial charge in [0.05, 0.1) is 6.54 Å². The lowest BCUT2D eigenvalue weighted by molar-refractivity contribution is -0.130. The fourth-order valence-electron chi connectivity index (χ4n) is 2.23. The number of hydrogen-bond acceptors (Lipinski definition) is 3. The summed E-state index contributed by atoms with van der Waals surface area (Å²) in [7, 11) is 1.74. The van der Waals surface area contributed by atoms with E-state index in [0.717, 1.165) is 11.5 Å². The van der Waals surface area contributed by atoms with Gasteiger partial charge in [0.2, 0.25) is 5.91 Å². The van der Waals surface area contributed by atoms with Crippen molar-refractivity contribution in [3.63, 3.8) is 0 Å². The Balaban J connectivity index is 1.68. The third-order valence-corrected chi connectivity index (χ3v) is 3.83. The quantitative estimate of drug-likeness (QED) is 0.780. The normalized spacial score (nSPS) is 10.5. The molecule has 2 amide bonds. The number of rotatable bonds is 7. The number of aryl methyl sites for hydroxylation is 1. The maximum absolute atomic E-state index is 12.1. The van der Waals surface area contributed by atoms with Gasteiger partial charge in [-0.25, -0.2) is 0 Å². The van der Waals surface area contributed by atoms with Gasteiger partial charge in [0.1, 0.15) is 11.5 Å². The molecule has 0 aliphatic heterocycles. The van der Waals surface area contributed by atoms with E-state index < -0.39 is 0 Å². The Morgan fingerprint density at radius 3 is 2.50 bits per heavy atom. The monoisotopic (exact) mass is 348 g/mol. The maximum Gasteiger partial charge on any atom is 0.251 e. The summed E-state index contributed by atoms with van der Waals surface area (Å²) >= 11 is 5.79. The molecule has 1 N–H and O–H groups in total. The summed E-state index contributed by atoms with van der Waals surface area (Å²) in [4.78, 5) is 25.6. The Bertz CT molecular complexity index is 695. The summed E-state index contributed by atoms with van der Waals surface area (Å²) in [5, 5.41) is 3.38. The molecular formula is C18H21ClN2O3. The molecule has 0 bridgehead atoms. The van der Waals surface area contributed by atoms with E-state index in [9.17, 15) is 9.59 Å². The summed E-state index contributed by atoms with van der Waals surface area (Å²) in [5.74, 6) is 1.44. The lowest BCUT2D eigenvalue weighted by Crippen LogP contribution is -2.28. The molecule has 0 atom stereocenters. The highest BCUT2D eigenvalue weighted by molar-refractivity contribution is 6.30. The summed E-state index contributed by atoms with van der Waals surface area (Å²) in [6.07, 6.45) is 0.955. The van der Waals surface area contributed by atoms with E-state index in [2.05, 4.69) is 5.32 Å². The number of carbonyl (C=O) groups is 2. The number of hydrogen-bond donors (Lipinski definition) is 1. The van der Waals surface area contributed by atoms with Gasteiger partial charge >= 0.3 is 0 Å². The standard InChI is InChI=1S/C18H21ClN2O3/c1-13-5-10-16(24-13)12-21(2)17(22)4-3-11-20-18(23)14-6-8-15(19)9-7-14/h5-10H,3-4,11-12H2,1-2H3,(H,20,23). The minimum Gasteiger partial charge on any atom is -0.464 e. The number of nitrogens with one attached hydrogen (secondary N) is 1. The second-order valence-electron chi connectivity index (χ2n) is 5.63. The Morgan fingerprint density at radius 1 is 1.17 bits per heavy atom. The minimum atomic E-state index is -0.168. The Labute approximate surface area is 146 Å². The van der Waals surface area contributed by atoms with E-state index in [0.29, 0.717) is 36.5 Å². The van der Waals surface area contributed by atoms with Crippen LogP contribution in [-0.2, 0) is 11.3 Å². The zero-order valence-corrected chi connectivity index (χ0v) is 14.6. The molecule has 24 heavy (non-hydrogen) atoms. The van der Waals surface area contributed by atoms with Crippen LogP contribution in [0, 0.1) is 6.92 Å². The highest BCUT2D eigenvalue weighted by atomic mass is 35.5. The van der Waals surface area contributed by atoms with Crippen molar-refractivity contribution in [2.24, 2.45) is 0 Å². The first-order valence-electron chi connectivity index (χ1n) is 7.79. The molecule has 1 aromatic heterocycles. The molecule has 0 radical (unpaired) electrons. The van der Waals surface area contributed by atoms with Crippen LogP contribution in [0.1, 0.15) is 34.7 Å². The predicted octanol–water partition coefficient (Wildman–Crippen LogP) is 3.41. The fourth-order valence-corrected chi connectivity index (χ4v) is 2.35. The molecule has 5 nitrogen and oxygen atoms in total.